The van der Waals surface area contributed by atoms with E-state index in [-0.39, 0.29) is 6.04 Å². The molecule has 1 fully saturated rings. The maximum atomic E-state index is 11.9. The number of likely N-dealkylation sites (tertiary alicyclic amines) is 1. The van der Waals surface area contributed by atoms with Crippen LogP contribution in [0.15, 0.2) is 29.0 Å². The standard InChI is InChI=1S/C20H25NO5S/c1-24-16-11-18(26-3)17(25-2)10-14(16)19(13-7-9-27-12-13)21-8-5-4-6-15(21)20(22)23/h7,9-12,15,19H,4-6,8H2,1-3H3,(H,22,23). The Bertz CT molecular complexity index is 777. The summed E-state index contributed by atoms with van der Waals surface area (Å²) in [6, 6.07) is 4.98. The van der Waals surface area contributed by atoms with Gasteiger partial charge in [-0.25, -0.2) is 0 Å². The minimum Gasteiger partial charge on any atom is -0.496 e. The number of ether oxygens (including phenoxy) is 3. The van der Waals surface area contributed by atoms with Crippen LogP contribution in [-0.4, -0.2) is 49.9 Å². The molecule has 1 aromatic heterocycles. The summed E-state index contributed by atoms with van der Waals surface area (Å²) in [6.45, 7) is 0.717. The van der Waals surface area contributed by atoms with E-state index < -0.39 is 12.0 Å². The van der Waals surface area contributed by atoms with Crippen LogP contribution >= 0.6 is 11.3 Å². The molecule has 0 amide bonds. The number of aliphatic carboxylic acids is 1. The van der Waals surface area contributed by atoms with Gasteiger partial charge in [0.1, 0.15) is 11.8 Å². The zero-order valence-electron chi connectivity index (χ0n) is 15.8. The van der Waals surface area contributed by atoms with Crippen molar-refractivity contribution in [2.75, 3.05) is 27.9 Å². The topological polar surface area (TPSA) is 68.2 Å². The Morgan fingerprint density at radius 3 is 2.44 bits per heavy atom. The van der Waals surface area contributed by atoms with Crippen molar-refractivity contribution in [2.24, 2.45) is 0 Å². The molecule has 0 radical (unpaired) electrons. The molecule has 27 heavy (non-hydrogen) atoms. The largest absolute Gasteiger partial charge is 0.496 e. The Hall–Kier alpha value is -2.25. The van der Waals surface area contributed by atoms with Crippen molar-refractivity contribution in [2.45, 2.75) is 31.3 Å². The molecule has 2 atom stereocenters. The van der Waals surface area contributed by atoms with Gasteiger partial charge in [0, 0.05) is 11.6 Å². The third-order valence-electron chi connectivity index (χ3n) is 5.05. The summed E-state index contributed by atoms with van der Waals surface area (Å²) in [5.74, 6) is 1.04. The molecule has 1 aromatic carbocycles. The summed E-state index contributed by atoms with van der Waals surface area (Å²) in [5, 5.41) is 13.9. The first-order valence-electron chi connectivity index (χ1n) is 8.91. The Morgan fingerprint density at radius 1 is 1.15 bits per heavy atom. The smallest absolute Gasteiger partial charge is 0.320 e. The molecule has 1 aliphatic heterocycles. The second-order valence-corrected chi connectivity index (χ2v) is 7.28. The normalized spacial score (nSPS) is 18.7. The summed E-state index contributed by atoms with van der Waals surface area (Å²) in [4.78, 5) is 14.0. The first kappa shape index (κ1) is 19.5. The Balaban J connectivity index is 2.16. The maximum absolute atomic E-state index is 11.9. The fourth-order valence-electron chi connectivity index (χ4n) is 3.77. The van der Waals surface area contributed by atoms with Crippen molar-refractivity contribution in [3.8, 4) is 17.2 Å². The Kier molecular flexibility index (Phi) is 6.23. The number of benzene rings is 1. The molecule has 146 valence electrons. The van der Waals surface area contributed by atoms with Crippen molar-refractivity contribution in [3.05, 3.63) is 40.1 Å². The third-order valence-corrected chi connectivity index (χ3v) is 5.75. The second-order valence-electron chi connectivity index (χ2n) is 6.50. The minimum atomic E-state index is -0.783. The van der Waals surface area contributed by atoms with Crippen molar-refractivity contribution < 1.29 is 24.1 Å². The monoisotopic (exact) mass is 391 g/mol. The van der Waals surface area contributed by atoms with Gasteiger partial charge in [-0.2, -0.15) is 11.3 Å². The number of carboxylic acids is 1. The van der Waals surface area contributed by atoms with E-state index in [0.29, 0.717) is 23.7 Å². The number of methoxy groups -OCH3 is 3. The number of piperidine rings is 1. The number of hydrogen-bond acceptors (Lipinski definition) is 6. The molecule has 0 saturated carbocycles. The Labute approximate surface area is 163 Å². The number of carboxylic acid groups (broad SMARTS) is 1. The fraction of sp³-hybridized carbons (Fsp3) is 0.450. The highest BCUT2D eigenvalue weighted by molar-refractivity contribution is 7.08. The van der Waals surface area contributed by atoms with E-state index in [1.165, 1.54) is 0 Å². The van der Waals surface area contributed by atoms with Crippen LogP contribution < -0.4 is 14.2 Å². The van der Waals surface area contributed by atoms with Gasteiger partial charge in [0.2, 0.25) is 0 Å². The highest BCUT2D eigenvalue weighted by atomic mass is 32.1. The van der Waals surface area contributed by atoms with Crippen LogP contribution in [-0.2, 0) is 4.79 Å². The van der Waals surface area contributed by atoms with Crippen molar-refractivity contribution >= 4 is 17.3 Å². The third kappa shape index (κ3) is 3.89. The van der Waals surface area contributed by atoms with Crippen LogP contribution in [0.1, 0.15) is 36.4 Å². The number of hydrogen-bond donors (Lipinski definition) is 1. The van der Waals surface area contributed by atoms with Crippen molar-refractivity contribution in [1.29, 1.82) is 0 Å². The number of nitrogens with zero attached hydrogens (tertiary/aromatic N) is 1. The summed E-state index contributed by atoms with van der Waals surface area (Å²) >= 11 is 1.60. The van der Waals surface area contributed by atoms with Crippen molar-refractivity contribution in [1.82, 2.24) is 4.90 Å². The lowest BCUT2D eigenvalue weighted by atomic mass is 9.92. The molecular weight excluding hydrogens is 366 g/mol. The number of rotatable bonds is 7. The number of thiophene rings is 1. The van der Waals surface area contributed by atoms with Crippen molar-refractivity contribution in [3.63, 3.8) is 0 Å². The van der Waals surface area contributed by atoms with E-state index >= 15 is 0 Å². The van der Waals surface area contributed by atoms with Crippen LogP contribution in [0, 0.1) is 0 Å². The van der Waals surface area contributed by atoms with Gasteiger partial charge in [0.25, 0.3) is 0 Å². The van der Waals surface area contributed by atoms with Gasteiger partial charge in [-0.15, -0.1) is 0 Å². The molecule has 3 rings (SSSR count). The highest BCUT2D eigenvalue weighted by Crippen LogP contribution is 2.43. The Morgan fingerprint density at radius 2 is 1.85 bits per heavy atom. The van der Waals surface area contributed by atoms with Crippen LogP contribution in [0.5, 0.6) is 17.2 Å². The molecule has 7 heteroatoms. The molecule has 6 nitrogen and oxygen atoms in total. The van der Waals surface area contributed by atoms with E-state index in [1.54, 1.807) is 38.7 Å². The fourth-order valence-corrected chi connectivity index (χ4v) is 4.45. The summed E-state index contributed by atoms with van der Waals surface area (Å²) in [6.07, 6.45) is 2.54. The van der Waals surface area contributed by atoms with E-state index in [1.807, 2.05) is 17.5 Å². The number of carbonyl (C=O) groups is 1. The lowest BCUT2D eigenvalue weighted by Crippen LogP contribution is -2.46. The first-order chi connectivity index (χ1) is 13.1. The lowest BCUT2D eigenvalue weighted by Gasteiger charge is -2.39. The molecule has 1 aliphatic rings. The lowest BCUT2D eigenvalue weighted by molar-refractivity contribution is -0.145. The summed E-state index contributed by atoms with van der Waals surface area (Å²) in [5.41, 5.74) is 1.93. The molecule has 1 N–H and O–H groups in total. The van der Waals surface area contributed by atoms with E-state index in [9.17, 15) is 9.90 Å². The molecule has 0 aliphatic carbocycles. The van der Waals surface area contributed by atoms with E-state index in [0.717, 1.165) is 30.5 Å². The van der Waals surface area contributed by atoms with E-state index in [2.05, 4.69) is 10.3 Å². The SMILES string of the molecule is COc1cc(OC)c(C(c2ccsc2)N2CCCCC2C(=O)O)cc1OC. The molecule has 1 saturated heterocycles. The van der Waals surface area contributed by atoms with Crippen LogP contribution in [0.25, 0.3) is 0 Å². The van der Waals surface area contributed by atoms with Gasteiger partial charge in [0.15, 0.2) is 11.5 Å². The zero-order valence-corrected chi connectivity index (χ0v) is 16.6. The van der Waals surface area contributed by atoms with Crippen LogP contribution in [0.3, 0.4) is 0 Å². The molecule has 2 unspecified atom stereocenters. The average Bonchev–Trinajstić information content (AvgIpc) is 3.22. The molecule has 2 aromatic rings. The van der Waals surface area contributed by atoms with Gasteiger partial charge in [-0.1, -0.05) is 6.42 Å². The predicted octanol–water partition coefficient (Wildman–Crippen LogP) is 3.80. The quantitative estimate of drug-likeness (QED) is 0.774. The average molecular weight is 391 g/mol. The highest BCUT2D eigenvalue weighted by Gasteiger charge is 2.37. The summed E-state index contributed by atoms with van der Waals surface area (Å²) in [7, 11) is 4.79. The van der Waals surface area contributed by atoms with Gasteiger partial charge in [-0.3, -0.25) is 9.69 Å². The molecule has 2 heterocycles. The molecular formula is C20H25NO5S. The van der Waals surface area contributed by atoms with E-state index in [4.69, 9.17) is 14.2 Å². The minimum absolute atomic E-state index is 0.229. The predicted molar refractivity (Wildman–Crippen MR) is 104 cm³/mol. The zero-order chi connectivity index (χ0) is 19.4. The van der Waals surface area contributed by atoms with Gasteiger partial charge < -0.3 is 19.3 Å². The molecule has 0 bridgehead atoms. The van der Waals surface area contributed by atoms with Gasteiger partial charge >= 0.3 is 5.97 Å². The molecule has 0 spiro atoms. The van der Waals surface area contributed by atoms with Gasteiger partial charge in [-0.05, 0) is 47.8 Å². The van der Waals surface area contributed by atoms with Crippen LogP contribution in [0.4, 0.5) is 0 Å². The summed E-state index contributed by atoms with van der Waals surface area (Å²) < 4.78 is 16.5. The maximum Gasteiger partial charge on any atom is 0.320 e. The van der Waals surface area contributed by atoms with Crippen LogP contribution in [0.2, 0.25) is 0 Å². The second kappa shape index (κ2) is 8.63. The first-order valence-corrected chi connectivity index (χ1v) is 9.85. The van der Waals surface area contributed by atoms with Gasteiger partial charge in [0.05, 0.1) is 27.4 Å².